The molecule has 0 heterocycles. The van der Waals surface area contributed by atoms with Gasteiger partial charge in [-0.05, 0) is 36.8 Å². The molecule has 1 atom stereocenters. The van der Waals surface area contributed by atoms with E-state index in [1.54, 1.807) is 12.1 Å². The Balaban J connectivity index is 1.98. The number of hydrogen-bond donors (Lipinski definition) is 1. The first-order valence-electron chi connectivity index (χ1n) is 9.08. The molecule has 0 radical (unpaired) electrons. The van der Waals surface area contributed by atoms with Crippen LogP contribution in [-0.4, -0.2) is 25.2 Å². The summed E-state index contributed by atoms with van der Waals surface area (Å²) in [4.78, 5) is 12.4. The molecule has 2 aromatic rings. The fraction of sp³-hybridized carbons (Fsp3) is 0.333. The molecular weight excluding hydrogens is 385 g/mol. The molecule has 5 nitrogen and oxygen atoms in total. The van der Waals surface area contributed by atoms with E-state index in [2.05, 4.69) is 5.32 Å². The van der Waals surface area contributed by atoms with Gasteiger partial charge < -0.3 is 14.8 Å². The maximum atomic E-state index is 13.1. The Kier molecular flexibility index (Phi) is 7.89. The highest BCUT2D eigenvalue weighted by atomic mass is 19.4. The molecule has 0 aliphatic rings. The lowest BCUT2D eigenvalue weighted by atomic mass is 10.1. The monoisotopic (exact) mass is 406 g/mol. The quantitative estimate of drug-likeness (QED) is 0.630. The predicted molar refractivity (Wildman–Crippen MR) is 100 cm³/mol. The maximum absolute atomic E-state index is 13.1. The van der Waals surface area contributed by atoms with Gasteiger partial charge >= 0.3 is 6.18 Å². The van der Waals surface area contributed by atoms with E-state index in [0.717, 1.165) is 12.1 Å². The van der Waals surface area contributed by atoms with E-state index < -0.39 is 29.3 Å². The highest BCUT2D eigenvalue weighted by Crippen LogP contribution is 2.34. The van der Waals surface area contributed by atoms with Gasteiger partial charge in [-0.25, -0.2) is 0 Å². The third-order valence-corrected chi connectivity index (χ3v) is 3.95. The van der Waals surface area contributed by atoms with Crippen LogP contribution in [0.15, 0.2) is 48.5 Å². The van der Waals surface area contributed by atoms with Crippen molar-refractivity contribution in [2.45, 2.75) is 32.0 Å². The molecule has 0 bridgehead atoms. The van der Waals surface area contributed by atoms with Crippen LogP contribution in [0.3, 0.4) is 0 Å². The summed E-state index contributed by atoms with van der Waals surface area (Å²) >= 11 is 0. The van der Waals surface area contributed by atoms with Crippen molar-refractivity contribution in [3.8, 4) is 17.6 Å². The molecular formula is C21H21F3N2O3. The van der Waals surface area contributed by atoms with Crippen molar-refractivity contribution in [1.29, 1.82) is 5.26 Å². The van der Waals surface area contributed by atoms with Gasteiger partial charge in [-0.15, -0.1) is 0 Å². The summed E-state index contributed by atoms with van der Waals surface area (Å²) in [5.74, 6) is 0.104. The second-order valence-electron chi connectivity index (χ2n) is 6.16. The van der Waals surface area contributed by atoms with Crippen LogP contribution in [0.2, 0.25) is 0 Å². The first-order valence-corrected chi connectivity index (χ1v) is 9.08. The van der Waals surface area contributed by atoms with Gasteiger partial charge in [0.2, 0.25) is 0 Å². The van der Waals surface area contributed by atoms with E-state index in [1.807, 2.05) is 25.1 Å². The van der Waals surface area contributed by atoms with Crippen LogP contribution < -0.4 is 14.8 Å². The summed E-state index contributed by atoms with van der Waals surface area (Å²) in [7, 11) is 0. The predicted octanol–water partition coefficient (Wildman–Crippen LogP) is 4.32. The number of nitriles is 1. The number of nitrogens with one attached hydrogen (secondary N) is 1. The van der Waals surface area contributed by atoms with Gasteiger partial charge in [0.25, 0.3) is 5.91 Å². The lowest BCUT2D eigenvalue weighted by molar-refractivity contribution is -0.137. The highest BCUT2D eigenvalue weighted by Gasteiger charge is 2.34. The van der Waals surface area contributed by atoms with Gasteiger partial charge in [0, 0.05) is 0 Å². The van der Waals surface area contributed by atoms with E-state index in [0.29, 0.717) is 18.6 Å². The molecule has 0 saturated carbocycles. The van der Waals surface area contributed by atoms with Crippen LogP contribution in [0.4, 0.5) is 13.2 Å². The number of ether oxygens (including phenoxy) is 2. The number of para-hydroxylation sites is 1. The molecule has 0 aliphatic carbocycles. The van der Waals surface area contributed by atoms with Gasteiger partial charge in [0.05, 0.1) is 23.7 Å². The van der Waals surface area contributed by atoms with Crippen LogP contribution in [0.5, 0.6) is 11.5 Å². The minimum Gasteiger partial charge on any atom is -0.492 e. The number of alkyl halides is 3. The topological polar surface area (TPSA) is 71.3 Å². The zero-order valence-corrected chi connectivity index (χ0v) is 15.8. The van der Waals surface area contributed by atoms with Crippen LogP contribution in [0, 0.1) is 11.3 Å². The zero-order chi connectivity index (χ0) is 21.3. The molecule has 8 heteroatoms. The number of carbonyl (C=O) groups is 1. The van der Waals surface area contributed by atoms with Crippen LogP contribution in [-0.2, 0) is 11.0 Å². The molecule has 29 heavy (non-hydrogen) atoms. The Labute approximate surface area is 167 Å². The zero-order valence-electron chi connectivity index (χ0n) is 15.8. The average molecular weight is 406 g/mol. The molecule has 0 aliphatic heterocycles. The van der Waals surface area contributed by atoms with E-state index >= 15 is 0 Å². The Bertz CT molecular complexity index is 848. The van der Waals surface area contributed by atoms with Gasteiger partial charge in [0.15, 0.2) is 6.10 Å². The highest BCUT2D eigenvalue weighted by molar-refractivity contribution is 5.81. The second kappa shape index (κ2) is 10.4. The molecule has 1 unspecified atom stereocenters. The summed E-state index contributed by atoms with van der Waals surface area (Å²) in [5.41, 5.74) is -1.59. The Hall–Kier alpha value is -3.21. The van der Waals surface area contributed by atoms with Crippen LogP contribution in [0.25, 0.3) is 0 Å². The number of rotatable bonds is 9. The fourth-order valence-corrected chi connectivity index (χ4v) is 2.57. The summed E-state index contributed by atoms with van der Waals surface area (Å²) in [5, 5.41) is 11.5. The average Bonchev–Trinajstić information content (AvgIpc) is 2.71. The van der Waals surface area contributed by atoms with Gasteiger partial charge in [-0.2, -0.15) is 18.4 Å². The minimum atomic E-state index is -4.69. The normalized spacial score (nSPS) is 12.0. The van der Waals surface area contributed by atoms with Crippen molar-refractivity contribution in [1.82, 2.24) is 5.32 Å². The van der Waals surface area contributed by atoms with Crippen molar-refractivity contribution < 1.29 is 27.4 Å². The van der Waals surface area contributed by atoms with Crippen molar-refractivity contribution in [2.75, 3.05) is 13.2 Å². The number of nitrogens with zero attached hydrogens (tertiary/aromatic N) is 1. The van der Waals surface area contributed by atoms with Gasteiger partial charge in [-0.3, -0.25) is 4.79 Å². The maximum Gasteiger partial charge on any atom is 0.417 e. The Morgan fingerprint density at radius 3 is 2.52 bits per heavy atom. The molecule has 1 N–H and O–H groups in total. The minimum absolute atomic E-state index is 0.120. The van der Waals surface area contributed by atoms with Crippen molar-refractivity contribution >= 4 is 5.91 Å². The third-order valence-electron chi connectivity index (χ3n) is 3.95. The van der Waals surface area contributed by atoms with Crippen molar-refractivity contribution in [3.05, 3.63) is 59.7 Å². The number of benzene rings is 2. The molecule has 1 amide bonds. The van der Waals surface area contributed by atoms with Gasteiger partial charge in [0.1, 0.15) is 18.1 Å². The molecule has 0 aromatic heterocycles. The Morgan fingerprint density at radius 1 is 1.17 bits per heavy atom. The molecule has 0 spiro atoms. The number of hydrogen-bond acceptors (Lipinski definition) is 4. The first kappa shape index (κ1) is 22.1. The molecule has 2 rings (SSSR count). The molecule has 2 aromatic carbocycles. The first-order chi connectivity index (χ1) is 13.8. The lowest BCUT2D eigenvalue weighted by Crippen LogP contribution is -2.40. The molecule has 0 fully saturated rings. The van der Waals surface area contributed by atoms with E-state index in [9.17, 15) is 18.0 Å². The van der Waals surface area contributed by atoms with Crippen LogP contribution >= 0.6 is 0 Å². The van der Waals surface area contributed by atoms with Crippen molar-refractivity contribution in [3.63, 3.8) is 0 Å². The number of amides is 1. The lowest BCUT2D eigenvalue weighted by Gasteiger charge is -2.19. The summed E-state index contributed by atoms with van der Waals surface area (Å²) in [6, 6.07) is 13.6. The second-order valence-corrected chi connectivity index (χ2v) is 6.16. The SMILES string of the molecule is CCCC(Oc1ccc(C#N)c(C(F)(F)F)c1)C(=O)NCCOc1ccccc1. The Morgan fingerprint density at radius 2 is 1.90 bits per heavy atom. The molecule has 154 valence electrons. The standard InChI is InChI=1S/C21H21F3N2O3/c1-2-6-19(20(27)26-11-12-28-16-7-4-3-5-8-16)29-17-10-9-15(14-25)18(13-17)21(22,23)24/h3-5,7-10,13,19H,2,6,11-12H2,1H3,(H,26,27). The van der Waals surface area contributed by atoms with E-state index in [-0.39, 0.29) is 18.9 Å². The number of carbonyl (C=O) groups excluding carboxylic acids is 1. The summed E-state index contributed by atoms with van der Waals surface area (Å²) in [6.45, 7) is 2.30. The van der Waals surface area contributed by atoms with E-state index in [4.69, 9.17) is 14.7 Å². The fourth-order valence-electron chi connectivity index (χ4n) is 2.57. The third kappa shape index (κ3) is 6.71. The van der Waals surface area contributed by atoms with Crippen molar-refractivity contribution in [2.24, 2.45) is 0 Å². The summed E-state index contributed by atoms with van der Waals surface area (Å²) < 4.78 is 50.3. The van der Waals surface area contributed by atoms with Gasteiger partial charge in [-0.1, -0.05) is 31.5 Å². The number of halogens is 3. The largest absolute Gasteiger partial charge is 0.492 e. The summed E-state index contributed by atoms with van der Waals surface area (Å²) in [6.07, 6.45) is -4.72. The molecule has 0 saturated heterocycles. The smallest absolute Gasteiger partial charge is 0.417 e. The van der Waals surface area contributed by atoms with E-state index in [1.165, 1.54) is 12.1 Å². The van der Waals surface area contributed by atoms with Crippen LogP contribution in [0.1, 0.15) is 30.9 Å².